The summed E-state index contributed by atoms with van der Waals surface area (Å²) in [7, 11) is 0. The second kappa shape index (κ2) is 4.90. The number of nitrogens with zero attached hydrogens (tertiary/aromatic N) is 1. The number of aromatic nitrogens is 1. The molecule has 0 bridgehead atoms. The lowest BCUT2D eigenvalue weighted by Crippen LogP contribution is -2.35. The molecule has 4 heteroatoms. The number of benzene rings is 1. The van der Waals surface area contributed by atoms with Crippen LogP contribution in [0.25, 0.3) is 11.5 Å². The first-order valence-corrected chi connectivity index (χ1v) is 5.89. The number of hydrogen-bond acceptors (Lipinski definition) is 3. The van der Waals surface area contributed by atoms with Crippen LogP contribution in [0.1, 0.15) is 26.5 Å². The highest BCUT2D eigenvalue weighted by Gasteiger charge is 2.11. The highest BCUT2D eigenvalue weighted by molar-refractivity contribution is 5.52. The van der Waals surface area contributed by atoms with Crippen LogP contribution < -0.4 is 5.32 Å². The van der Waals surface area contributed by atoms with E-state index in [1.165, 1.54) is 12.1 Å². The lowest BCUT2D eigenvalue weighted by atomic mass is 10.1. The number of nitrogens with one attached hydrogen (secondary N) is 1. The third-order valence-electron chi connectivity index (χ3n) is 2.44. The molecule has 0 radical (unpaired) electrons. The largest absolute Gasteiger partial charge is 0.444 e. The van der Waals surface area contributed by atoms with Crippen molar-refractivity contribution >= 4 is 0 Å². The second-order valence-electron chi connectivity index (χ2n) is 5.25. The molecule has 0 fully saturated rings. The summed E-state index contributed by atoms with van der Waals surface area (Å²) in [6.07, 6.45) is 1.62. The Labute approximate surface area is 106 Å². The fraction of sp³-hybridized carbons (Fsp3) is 0.357. The van der Waals surface area contributed by atoms with Gasteiger partial charge >= 0.3 is 0 Å². The minimum atomic E-state index is -0.264. The van der Waals surface area contributed by atoms with Gasteiger partial charge in [0, 0.05) is 17.6 Å². The van der Waals surface area contributed by atoms with Crippen LogP contribution in [0.2, 0.25) is 0 Å². The minimum absolute atomic E-state index is 0.0367. The standard InChI is InChI=1S/C14H17FN2O/c1-14(2,3)16-8-12-9-18-13(17-12)10-4-6-11(15)7-5-10/h4-7,9,16H,8H2,1-3H3. The van der Waals surface area contributed by atoms with Crippen molar-refractivity contribution in [3.05, 3.63) is 42.0 Å². The van der Waals surface area contributed by atoms with Crippen molar-refractivity contribution in [1.82, 2.24) is 10.3 Å². The van der Waals surface area contributed by atoms with Crippen LogP contribution in [-0.2, 0) is 6.54 Å². The maximum Gasteiger partial charge on any atom is 0.226 e. The maximum absolute atomic E-state index is 12.8. The number of hydrogen-bond donors (Lipinski definition) is 1. The molecule has 1 heterocycles. The molecule has 2 aromatic rings. The van der Waals surface area contributed by atoms with E-state index in [0.29, 0.717) is 12.4 Å². The van der Waals surface area contributed by atoms with E-state index in [-0.39, 0.29) is 11.4 Å². The van der Waals surface area contributed by atoms with Crippen molar-refractivity contribution in [2.45, 2.75) is 32.9 Å². The Morgan fingerprint density at radius 3 is 2.50 bits per heavy atom. The van der Waals surface area contributed by atoms with Gasteiger partial charge in [0.2, 0.25) is 5.89 Å². The topological polar surface area (TPSA) is 38.1 Å². The van der Waals surface area contributed by atoms with Crippen LogP contribution in [0, 0.1) is 5.82 Å². The van der Waals surface area contributed by atoms with Crippen molar-refractivity contribution in [2.24, 2.45) is 0 Å². The van der Waals surface area contributed by atoms with Gasteiger partial charge in [-0.25, -0.2) is 9.37 Å². The van der Waals surface area contributed by atoms with E-state index in [1.54, 1.807) is 18.4 Å². The average molecular weight is 248 g/mol. The van der Waals surface area contributed by atoms with E-state index in [4.69, 9.17) is 4.42 Å². The molecule has 2 rings (SSSR count). The fourth-order valence-electron chi connectivity index (χ4n) is 1.47. The first kappa shape index (κ1) is 12.8. The summed E-state index contributed by atoms with van der Waals surface area (Å²) in [5.74, 6) is 0.251. The highest BCUT2D eigenvalue weighted by atomic mass is 19.1. The molecule has 0 amide bonds. The first-order valence-electron chi connectivity index (χ1n) is 5.89. The van der Waals surface area contributed by atoms with Gasteiger partial charge in [0.15, 0.2) is 0 Å². The van der Waals surface area contributed by atoms with Crippen molar-refractivity contribution in [3.63, 3.8) is 0 Å². The molecule has 0 aliphatic carbocycles. The zero-order valence-electron chi connectivity index (χ0n) is 10.8. The Kier molecular flexibility index (Phi) is 3.48. The van der Waals surface area contributed by atoms with E-state index in [1.807, 2.05) is 0 Å². The Bertz CT molecular complexity index is 511. The van der Waals surface area contributed by atoms with Crippen LogP contribution in [0.15, 0.2) is 34.9 Å². The molecule has 3 nitrogen and oxygen atoms in total. The van der Waals surface area contributed by atoms with E-state index >= 15 is 0 Å². The summed E-state index contributed by atoms with van der Waals surface area (Å²) in [6, 6.07) is 6.10. The number of halogens is 1. The monoisotopic (exact) mass is 248 g/mol. The van der Waals surface area contributed by atoms with E-state index in [9.17, 15) is 4.39 Å². The van der Waals surface area contributed by atoms with Gasteiger partial charge < -0.3 is 9.73 Å². The molecule has 0 saturated carbocycles. The Balaban J connectivity index is 2.08. The van der Waals surface area contributed by atoms with Gasteiger partial charge in [-0.1, -0.05) is 0 Å². The molecular formula is C14H17FN2O. The van der Waals surface area contributed by atoms with E-state index < -0.39 is 0 Å². The lowest BCUT2D eigenvalue weighted by Gasteiger charge is -2.19. The normalized spacial score (nSPS) is 11.8. The zero-order valence-corrected chi connectivity index (χ0v) is 10.8. The van der Waals surface area contributed by atoms with E-state index in [2.05, 4.69) is 31.1 Å². The zero-order chi connectivity index (χ0) is 13.2. The molecule has 96 valence electrons. The van der Waals surface area contributed by atoms with Gasteiger partial charge in [0.05, 0.1) is 5.69 Å². The highest BCUT2D eigenvalue weighted by Crippen LogP contribution is 2.19. The SMILES string of the molecule is CC(C)(C)NCc1coc(-c2ccc(F)cc2)n1. The summed E-state index contributed by atoms with van der Waals surface area (Å²) in [4.78, 5) is 4.36. The van der Waals surface area contributed by atoms with Gasteiger partial charge in [-0.05, 0) is 45.0 Å². The quantitative estimate of drug-likeness (QED) is 0.905. The van der Waals surface area contributed by atoms with Crippen molar-refractivity contribution in [2.75, 3.05) is 0 Å². The molecule has 0 aliphatic heterocycles. The van der Waals surface area contributed by atoms with Crippen LogP contribution in [-0.4, -0.2) is 10.5 Å². The van der Waals surface area contributed by atoms with Crippen molar-refractivity contribution < 1.29 is 8.81 Å². The summed E-state index contributed by atoms with van der Waals surface area (Å²) >= 11 is 0. The molecule has 0 atom stereocenters. The Morgan fingerprint density at radius 1 is 1.22 bits per heavy atom. The summed E-state index contributed by atoms with van der Waals surface area (Å²) < 4.78 is 18.2. The molecule has 0 unspecified atom stereocenters. The third-order valence-corrected chi connectivity index (χ3v) is 2.44. The summed E-state index contributed by atoms with van der Waals surface area (Å²) in [5.41, 5.74) is 1.65. The predicted octanol–water partition coefficient (Wildman–Crippen LogP) is 3.37. The van der Waals surface area contributed by atoms with Crippen molar-refractivity contribution in [1.29, 1.82) is 0 Å². The maximum atomic E-state index is 12.8. The van der Waals surface area contributed by atoms with Crippen LogP contribution in [0.4, 0.5) is 4.39 Å². The minimum Gasteiger partial charge on any atom is -0.444 e. The average Bonchev–Trinajstić information content (AvgIpc) is 2.75. The molecule has 0 saturated heterocycles. The Morgan fingerprint density at radius 2 is 1.89 bits per heavy atom. The molecule has 1 aromatic heterocycles. The lowest BCUT2D eigenvalue weighted by molar-refractivity contribution is 0.421. The molecular weight excluding hydrogens is 231 g/mol. The third kappa shape index (κ3) is 3.40. The molecule has 18 heavy (non-hydrogen) atoms. The number of oxazole rings is 1. The van der Waals surface area contributed by atoms with Gasteiger partial charge in [-0.3, -0.25) is 0 Å². The van der Waals surface area contributed by atoms with Gasteiger partial charge in [0.1, 0.15) is 12.1 Å². The van der Waals surface area contributed by atoms with E-state index in [0.717, 1.165) is 11.3 Å². The predicted molar refractivity (Wildman–Crippen MR) is 68.5 cm³/mol. The molecule has 0 spiro atoms. The second-order valence-corrected chi connectivity index (χ2v) is 5.25. The van der Waals surface area contributed by atoms with Crippen LogP contribution in [0.5, 0.6) is 0 Å². The first-order chi connectivity index (χ1) is 8.44. The smallest absolute Gasteiger partial charge is 0.226 e. The molecule has 0 aliphatic rings. The number of rotatable bonds is 3. The Hall–Kier alpha value is -1.68. The van der Waals surface area contributed by atoms with Gasteiger partial charge in [0.25, 0.3) is 0 Å². The molecule has 1 N–H and O–H groups in total. The van der Waals surface area contributed by atoms with Crippen molar-refractivity contribution in [3.8, 4) is 11.5 Å². The summed E-state index contributed by atoms with van der Waals surface area (Å²) in [5, 5.41) is 3.33. The van der Waals surface area contributed by atoms with Gasteiger partial charge in [-0.2, -0.15) is 0 Å². The van der Waals surface area contributed by atoms with Gasteiger partial charge in [-0.15, -0.1) is 0 Å². The van der Waals surface area contributed by atoms with Crippen LogP contribution in [0.3, 0.4) is 0 Å². The fourth-order valence-corrected chi connectivity index (χ4v) is 1.47. The summed E-state index contributed by atoms with van der Waals surface area (Å²) in [6.45, 7) is 6.92. The van der Waals surface area contributed by atoms with Crippen LogP contribution >= 0.6 is 0 Å². The molecule has 1 aromatic carbocycles.